The molecular formula is C15H14ClF2N. The van der Waals surface area contributed by atoms with Crippen molar-refractivity contribution in [2.45, 2.75) is 13.0 Å². The van der Waals surface area contributed by atoms with Gasteiger partial charge >= 0.3 is 0 Å². The number of benzene rings is 2. The molecule has 4 heteroatoms. The quantitative estimate of drug-likeness (QED) is 0.887. The first-order valence-electron chi connectivity index (χ1n) is 5.92. The van der Waals surface area contributed by atoms with Crippen molar-refractivity contribution in [1.29, 1.82) is 0 Å². The van der Waals surface area contributed by atoms with Gasteiger partial charge in [-0.05, 0) is 31.7 Å². The fourth-order valence-corrected chi connectivity index (χ4v) is 2.27. The van der Waals surface area contributed by atoms with E-state index in [-0.39, 0.29) is 5.82 Å². The maximum Gasteiger partial charge on any atom is 0.131 e. The molecule has 0 amide bonds. The third-order valence-corrected chi connectivity index (χ3v) is 3.33. The molecule has 19 heavy (non-hydrogen) atoms. The molecule has 0 aliphatic heterocycles. The molecule has 0 heterocycles. The maximum absolute atomic E-state index is 14.1. The van der Waals surface area contributed by atoms with Gasteiger partial charge < -0.3 is 5.32 Å². The second kappa shape index (κ2) is 5.68. The SMILES string of the molecule is CNC(c1ccc(Cl)cc1F)c1cccc(C)c1F. The topological polar surface area (TPSA) is 12.0 Å². The van der Waals surface area contributed by atoms with Crippen LogP contribution in [0.4, 0.5) is 8.78 Å². The molecule has 2 aromatic rings. The van der Waals surface area contributed by atoms with E-state index in [1.165, 1.54) is 6.07 Å². The number of halogens is 3. The third-order valence-electron chi connectivity index (χ3n) is 3.09. The van der Waals surface area contributed by atoms with Gasteiger partial charge in [0.05, 0.1) is 6.04 Å². The average Bonchev–Trinajstić information content (AvgIpc) is 2.37. The highest BCUT2D eigenvalue weighted by atomic mass is 35.5. The van der Waals surface area contributed by atoms with Gasteiger partial charge in [-0.2, -0.15) is 0 Å². The highest BCUT2D eigenvalue weighted by Gasteiger charge is 2.20. The molecule has 0 saturated carbocycles. The van der Waals surface area contributed by atoms with E-state index in [1.54, 1.807) is 44.3 Å². The van der Waals surface area contributed by atoms with E-state index in [2.05, 4.69) is 5.32 Å². The molecule has 0 fully saturated rings. The summed E-state index contributed by atoms with van der Waals surface area (Å²) in [5, 5.41) is 3.26. The zero-order valence-corrected chi connectivity index (χ0v) is 11.4. The van der Waals surface area contributed by atoms with E-state index in [1.807, 2.05) is 0 Å². The molecule has 2 aromatic carbocycles. The van der Waals surface area contributed by atoms with Gasteiger partial charge in [0.25, 0.3) is 0 Å². The normalized spacial score (nSPS) is 12.5. The predicted octanol–water partition coefficient (Wildman–Crippen LogP) is 4.24. The van der Waals surface area contributed by atoms with Crippen LogP contribution in [0.1, 0.15) is 22.7 Å². The summed E-state index contributed by atoms with van der Waals surface area (Å²) >= 11 is 5.73. The van der Waals surface area contributed by atoms with Crippen LogP contribution in [0.5, 0.6) is 0 Å². The number of hydrogen-bond donors (Lipinski definition) is 1. The Labute approximate surface area is 116 Å². The number of rotatable bonds is 3. The van der Waals surface area contributed by atoms with Crippen molar-refractivity contribution in [3.8, 4) is 0 Å². The largest absolute Gasteiger partial charge is 0.309 e. The first kappa shape index (κ1) is 14.0. The smallest absolute Gasteiger partial charge is 0.131 e. The fourth-order valence-electron chi connectivity index (χ4n) is 2.11. The number of nitrogens with one attached hydrogen (secondary N) is 1. The highest BCUT2D eigenvalue weighted by molar-refractivity contribution is 6.30. The maximum atomic E-state index is 14.1. The van der Waals surface area contributed by atoms with Crippen molar-refractivity contribution in [2.24, 2.45) is 0 Å². The van der Waals surface area contributed by atoms with Crippen LogP contribution in [0.25, 0.3) is 0 Å². The predicted molar refractivity (Wildman–Crippen MR) is 73.4 cm³/mol. The van der Waals surface area contributed by atoms with Crippen LogP contribution in [-0.2, 0) is 0 Å². The first-order chi connectivity index (χ1) is 9.04. The van der Waals surface area contributed by atoms with Crippen LogP contribution in [-0.4, -0.2) is 7.05 Å². The summed E-state index contributed by atoms with van der Waals surface area (Å²) in [6.07, 6.45) is 0. The van der Waals surface area contributed by atoms with Crippen LogP contribution >= 0.6 is 11.6 Å². The van der Waals surface area contributed by atoms with Gasteiger partial charge in [-0.1, -0.05) is 35.9 Å². The molecule has 1 atom stereocenters. The minimum absolute atomic E-state index is 0.320. The molecule has 1 nitrogen and oxygen atoms in total. The molecule has 2 rings (SSSR count). The van der Waals surface area contributed by atoms with Crippen molar-refractivity contribution in [3.05, 3.63) is 69.7 Å². The second-order valence-corrected chi connectivity index (χ2v) is 4.80. The summed E-state index contributed by atoms with van der Waals surface area (Å²) in [7, 11) is 1.67. The lowest BCUT2D eigenvalue weighted by Crippen LogP contribution is -2.20. The van der Waals surface area contributed by atoms with Gasteiger partial charge in [-0.15, -0.1) is 0 Å². The molecule has 0 radical (unpaired) electrons. The van der Waals surface area contributed by atoms with Crippen LogP contribution < -0.4 is 5.32 Å². The van der Waals surface area contributed by atoms with Crippen molar-refractivity contribution >= 4 is 11.6 Å². The molecule has 1 unspecified atom stereocenters. The Kier molecular flexibility index (Phi) is 4.17. The monoisotopic (exact) mass is 281 g/mol. The Balaban J connectivity index is 2.53. The minimum atomic E-state index is -0.544. The zero-order chi connectivity index (χ0) is 14.0. The van der Waals surface area contributed by atoms with E-state index in [0.717, 1.165) is 0 Å². The Morgan fingerprint density at radius 3 is 2.47 bits per heavy atom. The van der Waals surface area contributed by atoms with E-state index in [4.69, 9.17) is 11.6 Å². The number of hydrogen-bond acceptors (Lipinski definition) is 1. The van der Waals surface area contributed by atoms with Crippen LogP contribution in [0.2, 0.25) is 5.02 Å². The summed E-state index contributed by atoms with van der Waals surface area (Å²) in [5.41, 5.74) is 1.33. The summed E-state index contributed by atoms with van der Waals surface area (Å²) in [6, 6.07) is 8.94. The van der Waals surface area contributed by atoms with Gasteiger partial charge in [-0.25, -0.2) is 8.78 Å². The van der Waals surface area contributed by atoms with Crippen molar-refractivity contribution in [1.82, 2.24) is 5.32 Å². The van der Waals surface area contributed by atoms with Crippen LogP contribution in [0, 0.1) is 18.6 Å². The highest BCUT2D eigenvalue weighted by Crippen LogP contribution is 2.28. The Hall–Kier alpha value is -1.45. The zero-order valence-electron chi connectivity index (χ0n) is 10.7. The first-order valence-corrected chi connectivity index (χ1v) is 6.29. The van der Waals surface area contributed by atoms with Gasteiger partial charge in [0, 0.05) is 16.1 Å². The van der Waals surface area contributed by atoms with Crippen molar-refractivity contribution in [2.75, 3.05) is 7.05 Å². The summed E-state index contributed by atoms with van der Waals surface area (Å²) in [4.78, 5) is 0. The van der Waals surface area contributed by atoms with Gasteiger partial charge in [0.15, 0.2) is 0 Å². The van der Waals surface area contributed by atoms with E-state index in [0.29, 0.717) is 21.7 Å². The summed E-state index contributed by atoms with van der Waals surface area (Å²) in [6.45, 7) is 1.68. The third kappa shape index (κ3) is 2.77. The van der Waals surface area contributed by atoms with E-state index in [9.17, 15) is 8.78 Å². The number of aryl methyl sites for hydroxylation is 1. The Morgan fingerprint density at radius 1 is 1.11 bits per heavy atom. The van der Waals surface area contributed by atoms with Crippen molar-refractivity contribution in [3.63, 3.8) is 0 Å². The van der Waals surface area contributed by atoms with Crippen LogP contribution in [0.15, 0.2) is 36.4 Å². The lowest BCUT2D eigenvalue weighted by atomic mass is 9.96. The molecule has 0 saturated heterocycles. The summed E-state index contributed by atoms with van der Waals surface area (Å²) in [5.74, 6) is -0.774. The lowest BCUT2D eigenvalue weighted by molar-refractivity contribution is 0.543. The molecule has 1 N–H and O–H groups in total. The molecule has 0 aliphatic carbocycles. The molecule has 0 spiro atoms. The molecule has 0 aromatic heterocycles. The molecule has 100 valence electrons. The van der Waals surface area contributed by atoms with Crippen LogP contribution in [0.3, 0.4) is 0 Å². The van der Waals surface area contributed by atoms with E-state index < -0.39 is 11.9 Å². The van der Waals surface area contributed by atoms with Gasteiger partial charge in [0.2, 0.25) is 0 Å². The summed E-state index contributed by atoms with van der Waals surface area (Å²) < 4.78 is 28.1. The second-order valence-electron chi connectivity index (χ2n) is 4.37. The fraction of sp³-hybridized carbons (Fsp3) is 0.200. The minimum Gasteiger partial charge on any atom is -0.309 e. The lowest BCUT2D eigenvalue weighted by Gasteiger charge is -2.19. The molecule has 0 aliphatic rings. The van der Waals surface area contributed by atoms with E-state index >= 15 is 0 Å². The molecule has 0 bridgehead atoms. The average molecular weight is 282 g/mol. The Bertz CT molecular complexity index is 599. The Morgan fingerprint density at radius 2 is 1.84 bits per heavy atom. The molecular weight excluding hydrogens is 268 g/mol. The van der Waals surface area contributed by atoms with Gasteiger partial charge in [-0.3, -0.25) is 0 Å². The standard InChI is InChI=1S/C15H14ClF2N/c1-9-4-3-5-12(14(9)18)15(19-2)11-7-6-10(16)8-13(11)17/h3-8,15,19H,1-2H3. The van der Waals surface area contributed by atoms with Crippen molar-refractivity contribution < 1.29 is 8.78 Å². The van der Waals surface area contributed by atoms with Gasteiger partial charge in [0.1, 0.15) is 11.6 Å².